The number of nitrogens with two attached hydrogens (primary N) is 1. The van der Waals surface area contributed by atoms with Crippen LogP contribution >= 0.6 is 24.0 Å². The monoisotopic (exact) mass is 447 g/mol. The van der Waals surface area contributed by atoms with E-state index in [1.54, 1.807) is 7.11 Å². The number of hydrogen-bond donors (Lipinski definition) is 2. The molecule has 0 radical (unpaired) electrons. The molecule has 2 fully saturated rings. The van der Waals surface area contributed by atoms with Crippen LogP contribution in [0.5, 0.6) is 5.75 Å². The summed E-state index contributed by atoms with van der Waals surface area (Å²) in [6.07, 6.45) is 5.59. The van der Waals surface area contributed by atoms with Gasteiger partial charge in [0, 0.05) is 24.6 Å². The van der Waals surface area contributed by atoms with E-state index in [1.165, 1.54) is 19.3 Å². The summed E-state index contributed by atoms with van der Waals surface area (Å²) in [6.45, 7) is 1.10. The molecule has 2 aliphatic rings. The molecule has 1 aliphatic carbocycles. The molecule has 1 aromatic rings. The van der Waals surface area contributed by atoms with E-state index in [-0.39, 0.29) is 35.9 Å². The Labute approximate surface area is 160 Å². The molecule has 134 valence electrons. The first-order valence-electron chi connectivity index (χ1n) is 8.22. The predicted molar refractivity (Wildman–Crippen MR) is 105 cm³/mol. The van der Waals surface area contributed by atoms with Gasteiger partial charge >= 0.3 is 0 Å². The molecule has 1 spiro atoms. The maximum Gasteiger partial charge on any atom is 0.193 e. The van der Waals surface area contributed by atoms with Crippen LogP contribution in [0.3, 0.4) is 0 Å². The average molecular weight is 447 g/mol. The van der Waals surface area contributed by atoms with Crippen LogP contribution in [0.25, 0.3) is 0 Å². The van der Waals surface area contributed by atoms with Crippen molar-refractivity contribution < 1.29 is 14.2 Å². The number of guanidine groups is 1. The van der Waals surface area contributed by atoms with Gasteiger partial charge in [-0.15, -0.1) is 24.0 Å². The second-order valence-corrected chi connectivity index (χ2v) is 6.11. The molecule has 0 amide bonds. The van der Waals surface area contributed by atoms with Crippen LogP contribution in [0, 0.1) is 0 Å². The molecular formula is C17H26IN3O3. The molecular weight excluding hydrogens is 421 g/mol. The number of anilines is 1. The number of hydrogen-bond acceptors (Lipinski definition) is 4. The molecule has 1 saturated carbocycles. The lowest BCUT2D eigenvalue weighted by atomic mass is 9.94. The second-order valence-electron chi connectivity index (χ2n) is 6.11. The lowest BCUT2D eigenvalue weighted by molar-refractivity contribution is -0.186. The summed E-state index contributed by atoms with van der Waals surface area (Å²) in [5.74, 6) is 0.786. The molecule has 24 heavy (non-hydrogen) atoms. The van der Waals surface area contributed by atoms with Gasteiger partial charge in [-0.3, -0.25) is 4.99 Å². The predicted octanol–water partition coefficient (Wildman–Crippen LogP) is 3.12. The number of halogens is 1. The fourth-order valence-corrected chi connectivity index (χ4v) is 3.15. The number of methoxy groups -OCH3 is 1. The summed E-state index contributed by atoms with van der Waals surface area (Å²) >= 11 is 0. The van der Waals surface area contributed by atoms with Crippen molar-refractivity contribution in [1.29, 1.82) is 0 Å². The molecule has 1 aliphatic heterocycles. The molecule has 7 heteroatoms. The maximum atomic E-state index is 6.09. The molecule has 1 heterocycles. The molecule has 3 N–H and O–H groups in total. The van der Waals surface area contributed by atoms with Crippen molar-refractivity contribution >= 4 is 35.6 Å². The molecule has 0 aromatic heterocycles. The van der Waals surface area contributed by atoms with E-state index in [0.29, 0.717) is 19.1 Å². The van der Waals surface area contributed by atoms with Crippen molar-refractivity contribution in [2.45, 2.75) is 44.0 Å². The summed E-state index contributed by atoms with van der Waals surface area (Å²) < 4.78 is 17.2. The SMILES string of the molecule is COc1cccc(NC(N)=NCC2COC3(CCCCC3)O2)c1.I. The highest BCUT2D eigenvalue weighted by Crippen LogP contribution is 2.37. The van der Waals surface area contributed by atoms with Crippen molar-refractivity contribution in [3.63, 3.8) is 0 Å². The number of aliphatic imine (C=N–C) groups is 1. The Bertz CT molecular complexity index is 562. The van der Waals surface area contributed by atoms with Gasteiger partial charge in [-0.25, -0.2) is 0 Å². The lowest BCUT2D eigenvalue weighted by Crippen LogP contribution is -2.34. The highest BCUT2D eigenvalue weighted by molar-refractivity contribution is 14.0. The van der Waals surface area contributed by atoms with Crippen molar-refractivity contribution in [2.24, 2.45) is 10.7 Å². The van der Waals surface area contributed by atoms with Gasteiger partial charge in [-0.05, 0) is 25.0 Å². The first kappa shape index (κ1) is 19.3. The lowest BCUT2D eigenvalue weighted by Gasteiger charge is -2.31. The van der Waals surface area contributed by atoms with Crippen LogP contribution in [0.2, 0.25) is 0 Å². The zero-order chi connectivity index (χ0) is 16.1. The van der Waals surface area contributed by atoms with Gasteiger partial charge in [0.2, 0.25) is 0 Å². The third-order valence-electron chi connectivity index (χ3n) is 4.34. The highest BCUT2D eigenvalue weighted by Gasteiger charge is 2.41. The van der Waals surface area contributed by atoms with Gasteiger partial charge in [0.1, 0.15) is 11.9 Å². The summed E-state index contributed by atoms with van der Waals surface area (Å²) in [7, 11) is 1.63. The van der Waals surface area contributed by atoms with Crippen molar-refractivity contribution in [3.8, 4) is 5.75 Å². The van der Waals surface area contributed by atoms with Crippen LogP contribution in [0.1, 0.15) is 32.1 Å². The number of nitrogens with zero attached hydrogens (tertiary/aromatic N) is 1. The Hall–Kier alpha value is -1.06. The third kappa shape index (κ3) is 4.97. The van der Waals surface area contributed by atoms with Crippen LogP contribution in [0.4, 0.5) is 5.69 Å². The fourth-order valence-electron chi connectivity index (χ4n) is 3.15. The van der Waals surface area contributed by atoms with Gasteiger partial charge in [0.15, 0.2) is 11.7 Å². The summed E-state index contributed by atoms with van der Waals surface area (Å²) in [4.78, 5) is 4.37. The Morgan fingerprint density at radius 3 is 2.92 bits per heavy atom. The van der Waals surface area contributed by atoms with Crippen molar-refractivity contribution in [1.82, 2.24) is 0 Å². The fraction of sp³-hybridized carbons (Fsp3) is 0.588. The Morgan fingerprint density at radius 1 is 1.38 bits per heavy atom. The van der Waals surface area contributed by atoms with Gasteiger partial charge in [0.25, 0.3) is 0 Å². The van der Waals surface area contributed by atoms with Crippen LogP contribution in [-0.4, -0.2) is 38.1 Å². The Kier molecular flexibility index (Phi) is 7.12. The van der Waals surface area contributed by atoms with Gasteiger partial charge in [-0.1, -0.05) is 12.5 Å². The zero-order valence-electron chi connectivity index (χ0n) is 14.0. The molecule has 1 unspecified atom stereocenters. The van der Waals surface area contributed by atoms with E-state index in [9.17, 15) is 0 Å². The Morgan fingerprint density at radius 2 is 2.17 bits per heavy atom. The minimum atomic E-state index is -0.354. The molecule has 1 aromatic carbocycles. The molecule has 0 bridgehead atoms. The average Bonchev–Trinajstić information content (AvgIpc) is 2.96. The smallest absolute Gasteiger partial charge is 0.193 e. The maximum absolute atomic E-state index is 6.09. The van der Waals surface area contributed by atoms with Crippen LogP contribution in [0.15, 0.2) is 29.3 Å². The van der Waals surface area contributed by atoms with Gasteiger partial charge in [0.05, 0.1) is 20.3 Å². The number of ether oxygens (including phenoxy) is 3. The largest absolute Gasteiger partial charge is 0.497 e. The normalized spacial score (nSPS) is 22.9. The molecule has 6 nitrogen and oxygen atoms in total. The molecule has 3 rings (SSSR count). The van der Waals surface area contributed by atoms with Crippen LogP contribution < -0.4 is 15.8 Å². The minimum Gasteiger partial charge on any atom is -0.497 e. The van der Waals surface area contributed by atoms with E-state index in [1.807, 2.05) is 24.3 Å². The standard InChI is InChI=1S/C17H25N3O3.HI/c1-21-14-7-5-6-13(10-14)20-16(18)19-11-15-12-22-17(23-15)8-3-2-4-9-17;/h5-7,10,15H,2-4,8-9,11-12H2,1H3,(H3,18,19,20);1H. The summed E-state index contributed by atoms with van der Waals surface area (Å²) in [5.41, 5.74) is 6.79. The number of nitrogens with one attached hydrogen (secondary N) is 1. The topological polar surface area (TPSA) is 78.1 Å². The first-order valence-corrected chi connectivity index (χ1v) is 8.22. The summed E-state index contributed by atoms with van der Waals surface area (Å²) in [5, 5.41) is 3.06. The van der Waals surface area contributed by atoms with Gasteiger partial charge < -0.3 is 25.3 Å². The number of rotatable bonds is 4. The van der Waals surface area contributed by atoms with E-state index < -0.39 is 0 Å². The van der Waals surface area contributed by atoms with E-state index in [0.717, 1.165) is 24.3 Å². The third-order valence-corrected chi connectivity index (χ3v) is 4.34. The summed E-state index contributed by atoms with van der Waals surface area (Å²) in [6, 6.07) is 7.56. The minimum absolute atomic E-state index is 0. The van der Waals surface area contributed by atoms with Crippen LogP contribution in [-0.2, 0) is 9.47 Å². The second kappa shape index (κ2) is 8.87. The quantitative estimate of drug-likeness (QED) is 0.422. The molecule has 1 atom stereocenters. The zero-order valence-corrected chi connectivity index (χ0v) is 16.3. The highest BCUT2D eigenvalue weighted by atomic mass is 127. The van der Waals surface area contributed by atoms with E-state index in [4.69, 9.17) is 19.9 Å². The molecule has 1 saturated heterocycles. The van der Waals surface area contributed by atoms with Crippen molar-refractivity contribution in [2.75, 3.05) is 25.6 Å². The Balaban J connectivity index is 0.00000208. The van der Waals surface area contributed by atoms with E-state index in [2.05, 4.69) is 10.3 Å². The first-order chi connectivity index (χ1) is 11.2. The number of benzene rings is 1. The van der Waals surface area contributed by atoms with Gasteiger partial charge in [-0.2, -0.15) is 0 Å². The van der Waals surface area contributed by atoms with Crippen molar-refractivity contribution in [3.05, 3.63) is 24.3 Å². The van der Waals surface area contributed by atoms with E-state index >= 15 is 0 Å².